The van der Waals surface area contributed by atoms with Gasteiger partial charge in [-0.1, -0.05) is 58.4 Å². The van der Waals surface area contributed by atoms with E-state index in [-0.39, 0.29) is 24.5 Å². The normalized spacial score (nSPS) is 12.2. The van der Waals surface area contributed by atoms with Gasteiger partial charge in [-0.25, -0.2) is 4.79 Å². The standard InChI is InChI=1S/C22H18BrNO4S/c1-2-28-21(26)13-20-24(14-18(25)16-6-4-3-5-7-16)22(27)19(29-20)12-15-8-10-17(23)11-9-15/h3-13H,2,14H2,1H3/b19-12-,20-13-. The molecular weight excluding hydrogens is 454 g/mol. The van der Waals surface area contributed by atoms with Crippen LogP contribution in [0.1, 0.15) is 22.8 Å². The minimum atomic E-state index is -0.551. The Hall–Kier alpha value is -2.77. The van der Waals surface area contributed by atoms with Crippen molar-refractivity contribution in [3.63, 3.8) is 0 Å². The van der Waals surface area contributed by atoms with Crippen molar-refractivity contribution in [1.29, 1.82) is 0 Å². The van der Waals surface area contributed by atoms with Crippen molar-refractivity contribution in [3.8, 4) is 0 Å². The third-order valence-electron chi connectivity index (χ3n) is 4.03. The van der Waals surface area contributed by atoms with Crippen LogP contribution in [0, 0.1) is 0 Å². The number of rotatable bonds is 6. The molecule has 0 amide bonds. The number of halogens is 1. The van der Waals surface area contributed by atoms with Crippen LogP contribution in [-0.2, 0) is 16.1 Å². The van der Waals surface area contributed by atoms with Gasteiger partial charge in [0.15, 0.2) is 5.78 Å². The first kappa shape index (κ1) is 21.0. The molecule has 3 aromatic rings. The highest BCUT2D eigenvalue weighted by Gasteiger charge is 2.12. The lowest BCUT2D eigenvalue weighted by molar-refractivity contribution is -0.135. The Labute approximate surface area is 179 Å². The van der Waals surface area contributed by atoms with Crippen LogP contribution in [0.3, 0.4) is 0 Å². The summed E-state index contributed by atoms with van der Waals surface area (Å²) in [4.78, 5) is 37.6. The maximum absolute atomic E-state index is 13.0. The summed E-state index contributed by atoms with van der Waals surface area (Å²) < 4.78 is 8.03. The average Bonchev–Trinajstić information content (AvgIpc) is 2.99. The Kier molecular flexibility index (Phi) is 6.95. The lowest BCUT2D eigenvalue weighted by Gasteiger charge is -2.02. The molecule has 0 aliphatic carbocycles. The number of hydrogen-bond donors (Lipinski definition) is 0. The van der Waals surface area contributed by atoms with Crippen molar-refractivity contribution in [2.24, 2.45) is 0 Å². The molecule has 29 heavy (non-hydrogen) atoms. The molecule has 0 aliphatic heterocycles. The number of benzene rings is 2. The fraction of sp³-hybridized carbons (Fsp3) is 0.136. The Morgan fingerprint density at radius 2 is 1.79 bits per heavy atom. The summed E-state index contributed by atoms with van der Waals surface area (Å²) in [6.45, 7) is 1.78. The van der Waals surface area contributed by atoms with Gasteiger partial charge in [-0.15, -0.1) is 11.3 Å². The molecule has 3 rings (SSSR count). The fourth-order valence-electron chi connectivity index (χ4n) is 2.65. The number of carbonyl (C=O) groups excluding carboxylic acids is 2. The SMILES string of the molecule is CCOC(=O)/C=c1\s/c(=C\c2ccc(Br)cc2)c(=O)n1CC(=O)c1ccccc1. The highest BCUT2D eigenvalue weighted by Crippen LogP contribution is 2.10. The van der Waals surface area contributed by atoms with Crippen LogP contribution in [0.15, 0.2) is 63.9 Å². The molecule has 0 bridgehead atoms. The lowest BCUT2D eigenvalue weighted by atomic mass is 10.1. The predicted molar refractivity (Wildman–Crippen MR) is 117 cm³/mol. The van der Waals surface area contributed by atoms with Crippen molar-refractivity contribution in [3.05, 3.63) is 89.7 Å². The largest absolute Gasteiger partial charge is 0.463 e. The molecule has 0 atom stereocenters. The zero-order valence-electron chi connectivity index (χ0n) is 15.6. The van der Waals surface area contributed by atoms with Gasteiger partial charge in [0.05, 0.1) is 23.8 Å². The van der Waals surface area contributed by atoms with E-state index >= 15 is 0 Å². The number of Topliss-reactive ketones (excluding diaryl/α,β-unsaturated/α-hetero) is 1. The monoisotopic (exact) mass is 471 g/mol. The van der Waals surface area contributed by atoms with Gasteiger partial charge in [-0.05, 0) is 30.7 Å². The van der Waals surface area contributed by atoms with Crippen LogP contribution < -0.4 is 14.8 Å². The van der Waals surface area contributed by atoms with Gasteiger partial charge in [0.2, 0.25) is 0 Å². The van der Waals surface area contributed by atoms with Crippen LogP contribution in [0.2, 0.25) is 0 Å². The first-order valence-electron chi connectivity index (χ1n) is 8.91. The van der Waals surface area contributed by atoms with Crippen molar-refractivity contribution in [2.45, 2.75) is 13.5 Å². The Balaban J connectivity index is 2.08. The third kappa shape index (κ3) is 5.40. The Morgan fingerprint density at radius 1 is 1.10 bits per heavy atom. The second kappa shape index (κ2) is 9.62. The number of nitrogens with zero attached hydrogens (tertiary/aromatic N) is 1. The molecule has 5 nitrogen and oxygen atoms in total. The number of carbonyl (C=O) groups is 2. The number of aromatic nitrogens is 1. The molecule has 7 heteroatoms. The summed E-state index contributed by atoms with van der Waals surface area (Å²) in [6, 6.07) is 16.2. The van der Waals surface area contributed by atoms with E-state index in [1.165, 1.54) is 10.6 Å². The zero-order chi connectivity index (χ0) is 20.8. The zero-order valence-corrected chi connectivity index (χ0v) is 18.0. The second-order valence-electron chi connectivity index (χ2n) is 6.08. The summed E-state index contributed by atoms with van der Waals surface area (Å²) in [5, 5.41) is 0. The highest BCUT2D eigenvalue weighted by atomic mass is 79.9. The lowest BCUT2D eigenvalue weighted by Crippen LogP contribution is -2.34. The Bertz CT molecular complexity index is 1190. The van der Waals surface area contributed by atoms with E-state index < -0.39 is 5.97 Å². The van der Waals surface area contributed by atoms with Crippen molar-refractivity contribution >= 4 is 51.2 Å². The fourth-order valence-corrected chi connectivity index (χ4v) is 3.94. The molecule has 0 saturated carbocycles. The van der Waals surface area contributed by atoms with Gasteiger partial charge in [0.1, 0.15) is 4.66 Å². The van der Waals surface area contributed by atoms with E-state index in [9.17, 15) is 14.4 Å². The molecule has 1 heterocycles. The van der Waals surface area contributed by atoms with Crippen molar-refractivity contribution in [2.75, 3.05) is 6.61 Å². The molecule has 0 fully saturated rings. The van der Waals surface area contributed by atoms with Crippen LogP contribution in [-0.4, -0.2) is 22.9 Å². The van der Waals surface area contributed by atoms with Crippen LogP contribution in [0.5, 0.6) is 0 Å². The number of ether oxygens (including phenoxy) is 1. The van der Waals surface area contributed by atoms with E-state index in [2.05, 4.69) is 15.9 Å². The van der Waals surface area contributed by atoms with Gasteiger partial charge in [-0.2, -0.15) is 0 Å². The van der Waals surface area contributed by atoms with E-state index in [4.69, 9.17) is 4.74 Å². The number of esters is 1. The van der Waals surface area contributed by atoms with Gasteiger partial charge in [0.25, 0.3) is 5.56 Å². The van der Waals surface area contributed by atoms with Gasteiger partial charge in [-0.3, -0.25) is 14.2 Å². The van der Waals surface area contributed by atoms with E-state index in [0.29, 0.717) is 14.8 Å². The van der Waals surface area contributed by atoms with E-state index in [1.807, 2.05) is 30.3 Å². The molecule has 0 saturated heterocycles. The second-order valence-corrected chi connectivity index (χ2v) is 8.06. The van der Waals surface area contributed by atoms with E-state index in [0.717, 1.165) is 21.4 Å². The number of thiazole rings is 1. The number of hydrogen-bond acceptors (Lipinski definition) is 5. The molecule has 1 aromatic heterocycles. The third-order valence-corrected chi connectivity index (χ3v) is 5.62. The molecule has 148 valence electrons. The summed E-state index contributed by atoms with van der Waals surface area (Å²) in [5.41, 5.74) is 1.03. The topological polar surface area (TPSA) is 65.4 Å². The highest BCUT2D eigenvalue weighted by molar-refractivity contribution is 9.10. The molecule has 2 aromatic carbocycles. The van der Waals surface area contributed by atoms with Gasteiger partial charge in [0, 0.05) is 10.0 Å². The first-order valence-corrected chi connectivity index (χ1v) is 10.5. The van der Waals surface area contributed by atoms with Gasteiger partial charge >= 0.3 is 5.97 Å². The maximum Gasteiger partial charge on any atom is 0.333 e. The summed E-state index contributed by atoms with van der Waals surface area (Å²) in [5.74, 6) is -0.760. The molecule has 0 radical (unpaired) electrons. The van der Waals surface area contributed by atoms with Crippen molar-refractivity contribution < 1.29 is 14.3 Å². The predicted octanol–water partition coefficient (Wildman–Crippen LogP) is 2.73. The van der Waals surface area contributed by atoms with E-state index in [1.54, 1.807) is 37.3 Å². The molecule has 0 aliphatic rings. The van der Waals surface area contributed by atoms with Crippen molar-refractivity contribution in [1.82, 2.24) is 4.57 Å². The summed E-state index contributed by atoms with van der Waals surface area (Å²) in [7, 11) is 0. The van der Waals surface area contributed by atoms with Crippen LogP contribution >= 0.6 is 27.3 Å². The summed E-state index contributed by atoms with van der Waals surface area (Å²) in [6.07, 6.45) is 3.00. The molecular formula is C22H18BrNO4S. The minimum Gasteiger partial charge on any atom is -0.463 e. The first-order chi connectivity index (χ1) is 14.0. The smallest absolute Gasteiger partial charge is 0.333 e. The molecule has 0 unspecified atom stereocenters. The van der Waals surface area contributed by atoms with Crippen LogP contribution in [0.4, 0.5) is 0 Å². The van der Waals surface area contributed by atoms with Crippen LogP contribution in [0.25, 0.3) is 12.2 Å². The Morgan fingerprint density at radius 3 is 2.45 bits per heavy atom. The minimum absolute atomic E-state index is 0.154. The molecule has 0 spiro atoms. The maximum atomic E-state index is 13.0. The van der Waals surface area contributed by atoms with Gasteiger partial charge < -0.3 is 4.74 Å². The average molecular weight is 472 g/mol. The quantitative estimate of drug-likeness (QED) is 0.409. The molecule has 0 N–H and O–H groups in total. The summed E-state index contributed by atoms with van der Waals surface area (Å²) >= 11 is 4.53. The number of ketones is 1.